The predicted octanol–water partition coefficient (Wildman–Crippen LogP) is 1.57. The van der Waals surface area contributed by atoms with E-state index in [4.69, 9.17) is 5.11 Å². The van der Waals surface area contributed by atoms with Gasteiger partial charge in [-0.3, -0.25) is 9.78 Å². The molecule has 6 heteroatoms. The Morgan fingerprint density at radius 1 is 1.18 bits per heavy atom. The van der Waals surface area contributed by atoms with Gasteiger partial charge in [0.1, 0.15) is 0 Å². The lowest BCUT2D eigenvalue weighted by molar-refractivity contribution is -0.117. The summed E-state index contributed by atoms with van der Waals surface area (Å²) in [6.45, 7) is 0.754. The van der Waals surface area contributed by atoms with E-state index in [0.29, 0.717) is 18.8 Å². The summed E-state index contributed by atoms with van der Waals surface area (Å²) >= 11 is 0. The molecule has 1 aromatic heterocycles. The zero-order valence-electron chi connectivity index (χ0n) is 11.9. The molecule has 1 saturated heterocycles. The first-order valence-corrected chi connectivity index (χ1v) is 7.04. The van der Waals surface area contributed by atoms with Gasteiger partial charge in [0.2, 0.25) is 5.91 Å². The molecular formula is C16H16FN3O2. The van der Waals surface area contributed by atoms with Gasteiger partial charge >= 0.3 is 0 Å². The molecule has 0 aliphatic carbocycles. The lowest BCUT2D eigenvalue weighted by Crippen LogP contribution is -2.51. The molecule has 5 nitrogen and oxygen atoms in total. The number of aromatic nitrogens is 1. The van der Waals surface area contributed by atoms with Gasteiger partial charge in [-0.15, -0.1) is 0 Å². The summed E-state index contributed by atoms with van der Waals surface area (Å²) < 4.78 is 14.3. The molecule has 0 unspecified atom stereocenters. The number of pyridine rings is 1. The number of halogens is 1. The molecule has 0 bridgehead atoms. The van der Waals surface area contributed by atoms with Crippen molar-refractivity contribution in [2.24, 2.45) is 0 Å². The van der Waals surface area contributed by atoms with Crippen molar-refractivity contribution in [2.45, 2.75) is 6.61 Å². The molecule has 0 saturated carbocycles. The number of rotatable bonds is 3. The van der Waals surface area contributed by atoms with Crippen molar-refractivity contribution in [3.8, 4) is 0 Å². The maximum Gasteiger partial charge on any atom is 0.246 e. The van der Waals surface area contributed by atoms with E-state index in [2.05, 4.69) is 4.98 Å². The van der Waals surface area contributed by atoms with Crippen LogP contribution in [-0.2, 0) is 11.4 Å². The van der Waals surface area contributed by atoms with Crippen molar-refractivity contribution in [3.63, 3.8) is 0 Å². The van der Waals surface area contributed by atoms with Crippen LogP contribution in [0.4, 0.5) is 15.8 Å². The van der Waals surface area contributed by atoms with Crippen LogP contribution < -0.4 is 9.80 Å². The van der Waals surface area contributed by atoms with Gasteiger partial charge in [-0.05, 0) is 18.2 Å². The highest BCUT2D eigenvalue weighted by Crippen LogP contribution is 2.25. The summed E-state index contributed by atoms with van der Waals surface area (Å²) in [6.07, 6.45) is 3.28. The molecule has 114 valence electrons. The normalized spacial score (nSPS) is 15.3. The van der Waals surface area contributed by atoms with E-state index in [1.54, 1.807) is 46.5 Å². The van der Waals surface area contributed by atoms with Crippen LogP contribution in [0.1, 0.15) is 5.56 Å². The molecule has 1 aliphatic heterocycles. The Labute approximate surface area is 127 Å². The minimum atomic E-state index is -0.463. The van der Waals surface area contributed by atoms with Crippen LogP contribution in [0.25, 0.3) is 0 Å². The standard InChI is InChI=1S/C16H16FN3O2/c17-16-12(11-21)2-1-3-14(16)19-8-9-20(15(22)10-19)13-4-6-18-7-5-13/h1-7,21H,8-11H2. The van der Waals surface area contributed by atoms with Gasteiger partial charge < -0.3 is 14.9 Å². The molecule has 0 radical (unpaired) electrons. The molecule has 1 fully saturated rings. The molecule has 22 heavy (non-hydrogen) atoms. The third-order valence-electron chi connectivity index (χ3n) is 3.76. The number of carbonyl (C=O) groups excluding carboxylic acids is 1. The van der Waals surface area contributed by atoms with E-state index in [0.717, 1.165) is 5.69 Å². The summed E-state index contributed by atoms with van der Waals surface area (Å²) in [5.74, 6) is -0.554. The molecule has 1 amide bonds. The first-order chi connectivity index (χ1) is 10.7. The highest BCUT2D eigenvalue weighted by atomic mass is 19.1. The molecule has 2 heterocycles. The Morgan fingerprint density at radius 2 is 1.95 bits per heavy atom. The van der Waals surface area contributed by atoms with Crippen molar-refractivity contribution in [2.75, 3.05) is 29.4 Å². The number of piperazine rings is 1. The number of benzene rings is 1. The molecule has 1 N–H and O–H groups in total. The fourth-order valence-corrected chi connectivity index (χ4v) is 2.61. The van der Waals surface area contributed by atoms with Crippen LogP contribution in [0.15, 0.2) is 42.7 Å². The number of amides is 1. The second-order valence-electron chi connectivity index (χ2n) is 5.08. The van der Waals surface area contributed by atoms with E-state index >= 15 is 0 Å². The van der Waals surface area contributed by atoms with Gasteiger partial charge in [0.05, 0.1) is 18.8 Å². The molecule has 0 atom stereocenters. The van der Waals surface area contributed by atoms with Gasteiger partial charge in [0.25, 0.3) is 0 Å². The molecule has 2 aromatic rings. The number of hydrogen-bond acceptors (Lipinski definition) is 4. The fourth-order valence-electron chi connectivity index (χ4n) is 2.61. The smallest absolute Gasteiger partial charge is 0.246 e. The van der Waals surface area contributed by atoms with E-state index in [9.17, 15) is 9.18 Å². The second-order valence-corrected chi connectivity index (χ2v) is 5.08. The molecule has 3 rings (SSSR count). The molecule has 1 aliphatic rings. The van der Waals surface area contributed by atoms with E-state index in [1.165, 1.54) is 6.07 Å². The largest absolute Gasteiger partial charge is 0.392 e. The summed E-state index contributed by atoms with van der Waals surface area (Å²) in [6, 6.07) is 8.41. The Morgan fingerprint density at radius 3 is 2.64 bits per heavy atom. The second kappa shape index (κ2) is 6.11. The summed E-state index contributed by atoms with van der Waals surface area (Å²) in [7, 11) is 0. The van der Waals surface area contributed by atoms with Gasteiger partial charge in [-0.1, -0.05) is 12.1 Å². The maximum atomic E-state index is 14.3. The van der Waals surface area contributed by atoms with Crippen molar-refractivity contribution in [1.29, 1.82) is 0 Å². The zero-order chi connectivity index (χ0) is 15.5. The number of nitrogens with zero attached hydrogens (tertiary/aromatic N) is 3. The minimum Gasteiger partial charge on any atom is -0.392 e. The average molecular weight is 301 g/mol. The van der Waals surface area contributed by atoms with Crippen LogP contribution in [0.2, 0.25) is 0 Å². The van der Waals surface area contributed by atoms with Gasteiger partial charge in [0.15, 0.2) is 5.82 Å². The van der Waals surface area contributed by atoms with Crippen LogP contribution in [0, 0.1) is 5.82 Å². The number of carbonyl (C=O) groups is 1. The third-order valence-corrected chi connectivity index (χ3v) is 3.76. The highest BCUT2D eigenvalue weighted by molar-refractivity contribution is 5.97. The number of aliphatic hydroxyl groups is 1. The number of hydrogen-bond donors (Lipinski definition) is 1. The van der Waals surface area contributed by atoms with E-state index in [1.807, 2.05) is 0 Å². The van der Waals surface area contributed by atoms with Crippen LogP contribution >= 0.6 is 0 Å². The van der Waals surface area contributed by atoms with E-state index < -0.39 is 5.82 Å². The highest BCUT2D eigenvalue weighted by Gasteiger charge is 2.27. The van der Waals surface area contributed by atoms with Crippen LogP contribution in [0.5, 0.6) is 0 Å². The van der Waals surface area contributed by atoms with Gasteiger partial charge in [0, 0.05) is 36.7 Å². The quantitative estimate of drug-likeness (QED) is 0.935. The lowest BCUT2D eigenvalue weighted by Gasteiger charge is -2.35. The van der Waals surface area contributed by atoms with E-state index in [-0.39, 0.29) is 24.6 Å². The van der Waals surface area contributed by atoms with Crippen molar-refractivity contribution in [1.82, 2.24) is 4.98 Å². The van der Waals surface area contributed by atoms with Gasteiger partial charge in [-0.2, -0.15) is 0 Å². The minimum absolute atomic E-state index is 0.0914. The van der Waals surface area contributed by atoms with Gasteiger partial charge in [-0.25, -0.2) is 4.39 Å². The summed E-state index contributed by atoms with van der Waals surface area (Å²) in [4.78, 5) is 19.6. The topological polar surface area (TPSA) is 56.7 Å². The maximum absolute atomic E-state index is 14.3. The average Bonchev–Trinajstić information content (AvgIpc) is 2.56. The predicted molar refractivity (Wildman–Crippen MR) is 81.1 cm³/mol. The van der Waals surface area contributed by atoms with Crippen molar-refractivity contribution < 1.29 is 14.3 Å². The molecular weight excluding hydrogens is 285 g/mol. The summed E-state index contributed by atoms with van der Waals surface area (Å²) in [5.41, 5.74) is 1.39. The SMILES string of the molecule is O=C1CN(c2cccc(CO)c2F)CCN1c1ccncc1. The van der Waals surface area contributed by atoms with Crippen molar-refractivity contribution in [3.05, 3.63) is 54.1 Å². The van der Waals surface area contributed by atoms with Crippen LogP contribution in [-0.4, -0.2) is 35.6 Å². The number of aliphatic hydroxyl groups excluding tert-OH is 1. The molecule has 0 spiro atoms. The first kappa shape index (κ1) is 14.5. The fraction of sp³-hybridized carbons (Fsp3) is 0.250. The monoisotopic (exact) mass is 301 g/mol. The number of anilines is 2. The van der Waals surface area contributed by atoms with Crippen molar-refractivity contribution >= 4 is 17.3 Å². The van der Waals surface area contributed by atoms with Crippen LogP contribution in [0.3, 0.4) is 0 Å². The Bertz CT molecular complexity index is 678. The Hall–Kier alpha value is -2.47. The third kappa shape index (κ3) is 2.65. The summed E-state index contributed by atoms with van der Waals surface area (Å²) in [5, 5.41) is 9.14. The molecule has 1 aromatic carbocycles. The zero-order valence-corrected chi connectivity index (χ0v) is 11.9. The Kier molecular flexibility index (Phi) is 4.02. The lowest BCUT2D eigenvalue weighted by atomic mass is 10.1. The first-order valence-electron chi connectivity index (χ1n) is 7.04. The Balaban J connectivity index is 1.80.